The third kappa shape index (κ3) is 1.79. The van der Waals surface area contributed by atoms with E-state index in [1.165, 1.54) is 0 Å². The van der Waals surface area contributed by atoms with Crippen LogP contribution in [0.2, 0.25) is 0 Å². The lowest BCUT2D eigenvalue weighted by Gasteiger charge is -2.59. The van der Waals surface area contributed by atoms with Gasteiger partial charge in [-0.3, -0.25) is 4.79 Å². The number of carbonyl (C=O) groups is 1. The SMILES string of the molecule is COc1ccc([C@@H]2C[C@@]3(C)CC(=O)[C@@H]2C(C#N)(C#N)C3(C#N)C#N)cc1. The number of fused-ring (bicyclic) bond motifs is 3. The summed E-state index contributed by atoms with van der Waals surface area (Å²) in [5.41, 5.74) is -4.11. The average molecular weight is 344 g/mol. The van der Waals surface area contributed by atoms with E-state index < -0.39 is 28.1 Å². The summed E-state index contributed by atoms with van der Waals surface area (Å²) in [7, 11) is 1.55. The van der Waals surface area contributed by atoms with E-state index in [9.17, 15) is 25.8 Å². The summed E-state index contributed by atoms with van der Waals surface area (Å²) in [6, 6.07) is 14.9. The normalized spacial score (nSPS) is 30.3. The van der Waals surface area contributed by atoms with Crippen LogP contribution in [0.4, 0.5) is 0 Å². The molecule has 3 saturated carbocycles. The van der Waals surface area contributed by atoms with E-state index in [1.54, 1.807) is 38.3 Å². The number of nitriles is 4. The maximum absolute atomic E-state index is 12.9. The van der Waals surface area contributed by atoms with Crippen LogP contribution in [0.5, 0.6) is 5.75 Å². The Labute approximate surface area is 151 Å². The van der Waals surface area contributed by atoms with E-state index in [1.807, 2.05) is 24.3 Å². The van der Waals surface area contributed by atoms with Gasteiger partial charge in [-0.05, 0) is 30.0 Å². The van der Waals surface area contributed by atoms with Gasteiger partial charge in [-0.25, -0.2) is 0 Å². The molecule has 0 heterocycles. The molecule has 3 aliphatic carbocycles. The van der Waals surface area contributed by atoms with Crippen LogP contribution >= 0.6 is 0 Å². The first kappa shape index (κ1) is 17.5. The summed E-state index contributed by atoms with van der Waals surface area (Å²) < 4.78 is 5.15. The summed E-state index contributed by atoms with van der Waals surface area (Å²) in [6.45, 7) is 1.67. The van der Waals surface area contributed by atoms with Crippen molar-refractivity contribution in [2.24, 2.45) is 22.2 Å². The zero-order valence-electron chi connectivity index (χ0n) is 14.5. The summed E-state index contributed by atoms with van der Waals surface area (Å²) >= 11 is 0. The van der Waals surface area contributed by atoms with Gasteiger partial charge in [0, 0.05) is 11.8 Å². The Hall–Kier alpha value is -3.35. The molecule has 2 bridgehead atoms. The Morgan fingerprint density at radius 2 is 1.62 bits per heavy atom. The van der Waals surface area contributed by atoms with E-state index in [-0.39, 0.29) is 12.2 Å². The van der Waals surface area contributed by atoms with Crippen molar-refractivity contribution in [2.75, 3.05) is 7.11 Å². The van der Waals surface area contributed by atoms with Gasteiger partial charge in [-0.1, -0.05) is 19.1 Å². The Bertz CT molecular complexity index is 910. The van der Waals surface area contributed by atoms with E-state index >= 15 is 0 Å². The number of nitrogens with zero attached hydrogens (tertiary/aromatic N) is 4. The minimum Gasteiger partial charge on any atom is -0.497 e. The molecule has 0 aromatic heterocycles. The van der Waals surface area contributed by atoms with Crippen LogP contribution in [0.15, 0.2) is 24.3 Å². The van der Waals surface area contributed by atoms with Crippen molar-refractivity contribution in [1.82, 2.24) is 0 Å². The van der Waals surface area contributed by atoms with E-state index in [2.05, 4.69) is 0 Å². The Morgan fingerprint density at radius 3 is 2.08 bits per heavy atom. The lowest BCUT2D eigenvalue weighted by Crippen LogP contribution is -2.66. The Morgan fingerprint density at radius 1 is 1.04 bits per heavy atom. The van der Waals surface area contributed by atoms with Gasteiger partial charge in [0.05, 0.1) is 37.3 Å². The van der Waals surface area contributed by atoms with Crippen molar-refractivity contribution in [3.8, 4) is 30.0 Å². The number of Topliss-reactive ketones (excluding diaryl/α,β-unsaturated/α-hetero) is 1. The topological polar surface area (TPSA) is 121 Å². The second-order valence-corrected chi connectivity index (χ2v) is 7.27. The molecule has 1 aromatic carbocycles. The number of carbonyl (C=O) groups excluding carboxylic acids is 1. The van der Waals surface area contributed by atoms with Crippen LogP contribution in [0, 0.1) is 67.5 Å². The molecule has 0 amide bonds. The number of hydrogen-bond donors (Lipinski definition) is 0. The van der Waals surface area contributed by atoms with Gasteiger partial charge in [-0.2, -0.15) is 21.0 Å². The van der Waals surface area contributed by atoms with Gasteiger partial charge in [-0.15, -0.1) is 0 Å². The fraction of sp³-hybridized carbons (Fsp3) is 0.450. The first-order valence-corrected chi connectivity index (χ1v) is 8.20. The maximum atomic E-state index is 12.9. The first-order chi connectivity index (χ1) is 12.4. The van der Waals surface area contributed by atoms with Crippen molar-refractivity contribution >= 4 is 5.78 Å². The van der Waals surface area contributed by atoms with Gasteiger partial charge in [0.25, 0.3) is 0 Å². The van der Waals surface area contributed by atoms with Crippen LogP contribution in [0.3, 0.4) is 0 Å². The van der Waals surface area contributed by atoms with Gasteiger partial charge < -0.3 is 4.74 Å². The minimum atomic E-state index is -2.00. The summed E-state index contributed by atoms with van der Waals surface area (Å²) in [5, 5.41) is 39.5. The molecule has 0 N–H and O–H groups in total. The van der Waals surface area contributed by atoms with Crippen molar-refractivity contribution in [3.63, 3.8) is 0 Å². The van der Waals surface area contributed by atoms with E-state index in [4.69, 9.17) is 4.74 Å². The minimum absolute atomic E-state index is 0.0244. The molecular formula is C20H16N4O2. The molecular weight excluding hydrogens is 328 g/mol. The second kappa shape index (κ2) is 5.59. The monoisotopic (exact) mass is 344 g/mol. The smallest absolute Gasteiger partial charge is 0.186 e. The second-order valence-electron chi connectivity index (χ2n) is 7.27. The molecule has 0 unspecified atom stereocenters. The largest absolute Gasteiger partial charge is 0.497 e. The fourth-order valence-corrected chi connectivity index (χ4v) is 4.90. The average Bonchev–Trinajstić information content (AvgIpc) is 2.66. The zero-order valence-corrected chi connectivity index (χ0v) is 14.5. The van der Waals surface area contributed by atoms with E-state index in [0.29, 0.717) is 12.2 Å². The molecule has 0 aliphatic heterocycles. The quantitative estimate of drug-likeness (QED) is 0.813. The number of methoxy groups -OCH3 is 1. The predicted molar refractivity (Wildman–Crippen MR) is 88.9 cm³/mol. The summed E-state index contributed by atoms with van der Waals surface area (Å²) in [6.07, 6.45) is 0.415. The number of ketones is 1. The van der Waals surface area contributed by atoms with Gasteiger partial charge >= 0.3 is 0 Å². The van der Waals surface area contributed by atoms with Gasteiger partial charge in [0.1, 0.15) is 11.5 Å². The maximum Gasteiger partial charge on any atom is 0.186 e. The lowest BCUT2D eigenvalue weighted by molar-refractivity contribution is -0.153. The van der Waals surface area contributed by atoms with Gasteiger partial charge in [0.15, 0.2) is 10.8 Å². The highest BCUT2D eigenvalue weighted by Crippen LogP contribution is 2.70. The van der Waals surface area contributed by atoms with Crippen molar-refractivity contribution in [1.29, 1.82) is 21.0 Å². The number of benzene rings is 1. The number of ether oxygens (including phenoxy) is 1. The van der Waals surface area contributed by atoms with Crippen LogP contribution in [0.25, 0.3) is 0 Å². The van der Waals surface area contributed by atoms with Crippen molar-refractivity contribution < 1.29 is 9.53 Å². The first-order valence-electron chi connectivity index (χ1n) is 8.20. The summed E-state index contributed by atoms with van der Waals surface area (Å²) in [5.74, 6) is -0.987. The van der Waals surface area contributed by atoms with Crippen molar-refractivity contribution in [2.45, 2.75) is 25.7 Å². The molecule has 26 heavy (non-hydrogen) atoms. The molecule has 6 nitrogen and oxygen atoms in total. The molecule has 128 valence electrons. The third-order valence-electron chi connectivity index (χ3n) is 6.18. The van der Waals surface area contributed by atoms with Crippen LogP contribution in [0.1, 0.15) is 31.2 Å². The lowest BCUT2D eigenvalue weighted by atomic mass is 9.35. The van der Waals surface area contributed by atoms with Gasteiger partial charge in [0.2, 0.25) is 0 Å². The zero-order chi connectivity index (χ0) is 19.2. The fourth-order valence-electron chi connectivity index (χ4n) is 4.90. The Kier molecular flexibility index (Phi) is 3.75. The van der Waals surface area contributed by atoms with E-state index in [0.717, 1.165) is 5.56 Å². The van der Waals surface area contributed by atoms with Crippen LogP contribution in [-0.4, -0.2) is 12.9 Å². The van der Waals surface area contributed by atoms with Crippen molar-refractivity contribution in [3.05, 3.63) is 29.8 Å². The predicted octanol–water partition coefficient (Wildman–Crippen LogP) is 2.84. The molecule has 3 atom stereocenters. The molecule has 6 heteroatoms. The molecule has 3 fully saturated rings. The highest BCUT2D eigenvalue weighted by Gasteiger charge is 2.77. The van der Waals surface area contributed by atoms with Crippen LogP contribution < -0.4 is 4.74 Å². The Balaban J connectivity index is 2.25. The van der Waals surface area contributed by atoms with Crippen LogP contribution in [-0.2, 0) is 4.79 Å². The molecule has 0 radical (unpaired) electrons. The molecule has 3 aliphatic rings. The molecule has 1 aromatic rings. The molecule has 0 spiro atoms. The third-order valence-corrected chi connectivity index (χ3v) is 6.18. The summed E-state index contributed by atoms with van der Waals surface area (Å²) in [4.78, 5) is 12.9. The highest BCUT2D eigenvalue weighted by atomic mass is 16.5. The standard InChI is InChI=1S/C20H16N4O2/c1-18-7-15(13-3-5-14(26-2)6-4-13)17(16(25)8-18)19(9-21,10-22)20(18,11-23)12-24/h3-6,15,17H,7-8H2,1-2H3/t15-,17+,18-/m0/s1. The highest BCUT2D eigenvalue weighted by molar-refractivity contribution is 5.88. The number of rotatable bonds is 2. The molecule has 4 rings (SSSR count). The number of hydrogen-bond acceptors (Lipinski definition) is 6. The molecule has 0 saturated heterocycles.